The third kappa shape index (κ3) is 5.88. The van der Waals surface area contributed by atoms with Gasteiger partial charge in [-0.05, 0) is 48.9 Å². The van der Waals surface area contributed by atoms with Gasteiger partial charge in [-0.15, -0.1) is 0 Å². The van der Waals surface area contributed by atoms with Crippen LogP contribution in [0.25, 0.3) is 55.3 Å². The summed E-state index contributed by atoms with van der Waals surface area (Å²) in [5, 5.41) is 95.2. The first-order valence-corrected chi connectivity index (χ1v) is 17.1. The van der Waals surface area contributed by atoms with E-state index in [0.717, 1.165) is 0 Å². The van der Waals surface area contributed by atoms with Gasteiger partial charge in [0.15, 0.2) is 11.5 Å². The van der Waals surface area contributed by atoms with Gasteiger partial charge < -0.3 is 51.5 Å². The van der Waals surface area contributed by atoms with Crippen molar-refractivity contribution in [3.63, 3.8) is 0 Å². The molecule has 6 aromatic rings. The van der Waals surface area contributed by atoms with E-state index in [4.69, 9.17) is 0 Å². The van der Waals surface area contributed by atoms with Crippen molar-refractivity contribution in [2.24, 2.45) is 11.8 Å². The molecule has 0 saturated carbocycles. The molecule has 54 heavy (non-hydrogen) atoms. The van der Waals surface area contributed by atoms with Crippen molar-refractivity contribution in [2.45, 2.75) is 54.8 Å². The van der Waals surface area contributed by atoms with E-state index < -0.39 is 64.7 Å². The van der Waals surface area contributed by atoms with Gasteiger partial charge in [0.05, 0.1) is 35.5 Å². The molecular formula is C38H40N6O10. The molecule has 2 heterocycles. The van der Waals surface area contributed by atoms with Gasteiger partial charge in [0.1, 0.15) is 67.1 Å². The number of phenols is 6. The summed E-state index contributed by atoms with van der Waals surface area (Å²) in [6, 6.07) is 2.54. The molecule has 282 valence electrons. The maximum Gasteiger partial charge on any atom is 0.253 e. The minimum absolute atomic E-state index is 0.0134. The number of fused-ring (bicyclic) bond motifs is 4. The summed E-state index contributed by atoms with van der Waals surface area (Å²) in [6.45, 7) is 9.60. The van der Waals surface area contributed by atoms with Crippen LogP contribution in [-0.2, 0) is 13.2 Å². The summed E-state index contributed by atoms with van der Waals surface area (Å²) in [5.74, 6) is -5.05. The molecule has 10 N–H and O–H groups in total. The number of amides is 2. The Morgan fingerprint density at radius 1 is 0.556 bits per heavy atom. The van der Waals surface area contributed by atoms with Crippen molar-refractivity contribution in [3.8, 4) is 45.6 Å². The molecule has 16 heteroatoms. The molecule has 0 bridgehead atoms. The van der Waals surface area contributed by atoms with Gasteiger partial charge in [0.2, 0.25) is 0 Å². The second-order valence-electron chi connectivity index (χ2n) is 14.0. The number of carbonyl (C=O) groups excluding carboxylic acids is 2. The zero-order valence-corrected chi connectivity index (χ0v) is 30.3. The molecule has 16 nitrogen and oxygen atoms in total. The smallest absolute Gasteiger partial charge is 0.253 e. The van der Waals surface area contributed by atoms with Crippen molar-refractivity contribution in [1.29, 1.82) is 0 Å². The molecule has 4 aromatic carbocycles. The van der Waals surface area contributed by atoms with Gasteiger partial charge in [-0.3, -0.25) is 9.59 Å². The summed E-state index contributed by atoms with van der Waals surface area (Å²) < 4.78 is 0. The van der Waals surface area contributed by atoms with Crippen LogP contribution in [0.1, 0.15) is 70.7 Å². The zero-order valence-electron chi connectivity index (χ0n) is 30.3. The number of aliphatic hydroxyl groups excluding tert-OH is 2. The molecule has 0 saturated heterocycles. The summed E-state index contributed by atoms with van der Waals surface area (Å²) >= 11 is 0. The molecule has 0 aliphatic carbocycles. The summed E-state index contributed by atoms with van der Waals surface area (Å²) in [7, 11) is 0. The topological polar surface area (TPSA) is 272 Å². The van der Waals surface area contributed by atoms with Gasteiger partial charge in [-0.25, -0.2) is 19.9 Å². The van der Waals surface area contributed by atoms with E-state index in [1.54, 1.807) is 13.8 Å². The van der Waals surface area contributed by atoms with Crippen molar-refractivity contribution in [3.05, 3.63) is 45.5 Å². The van der Waals surface area contributed by atoms with E-state index in [-0.39, 0.29) is 84.2 Å². The number of benzene rings is 4. The van der Waals surface area contributed by atoms with Crippen LogP contribution in [0.4, 0.5) is 0 Å². The molecule has 2 aromatic heterocycles. The summed E-state index contributed by atoms with van der Waals surface area (Å²) in [4.78, 5) is 44.5. The van der Waals surface area contributed by atoms with Crippen molar-refractivity contribution >= 4 is 55.9 Å². The molecular weight excluding hydrogens is 700 g/mol. The maximum atomic E-state index is 13.5. The summed E-state index contributed by atoms with van der Waals surface area (Å²) in [5.41, 5.74) is -3.16. The van der Waals surface area contributed by atoms with E-state index in [9.17, 15) is 50.4 Å². The Bertz CT molecular complexity index is 2570. The first-order chi connectivity index (χ1) is 25.5. The average molecular weight is 741 g/mol. The molecule has 0 aliphatic heterocycles. The molecule has 2 amide bonds. The largest absolute Gasteiger partial charge is 0.507 e. The van der Waals surface area contributed by atoms with Crippen molar-refractivity contribution in [2.75, 3.05) is 13.1 Å². The number of aliphatic hydroxyl groups is 2. The second-order valence-corrected chi connectivity index (χ2v) is 14.0. The molecule has 0 unspecified atom stereocenters. The predicted molar refractivity (Wildman–Crippen MR) is 199 cm³/mol. The third-order valence-corrected chi connectivity index (χ3v) is 9.37. The van der Waals surface area contributed by atoms with E-state index >= 15 is 0 Å². The highest BCUT2D eigenvalue weighted by molar-refractivity contribution is 6.12. The van der Waals surface area contributed by atoms with Crippen LogP contribution in [0, 0.1) is 25.7 Å². The Morgan fingerprint density at radius 3 is 1.50 bits per heavy atom. The molecule has 6 rings (SSSR count). The number of hydrogen-bond acceptors (Lipinski definition) is 14. The number of phenolic OH excluding ortho intramolecular Hbond substituents is 4. The lowest BCUT2D eigenvalue weighted by atomic mass is 9.93. The fraction of sp³-hybridized carbons (Fsp3) is 0.316. The lowest BCUT2D eigenvalue weighted by Gasteiger charge is -2.20. The first kappa shape index (κ1) is 37.5. The highest BCUT2D eigenvalue weighted by Gasteiger charge is 2.32. The van der Waals surface area contributed by atoms with Crippen molar-refractivity contribution < 1.29 is 50.4 Å². The standard InChI is InChI=1S/C38H40N6O10/c1-13(2)9-39-37(53)17-7-8-20(47)27-24(17)42-29-25(41-27)18(11-45)33(49)22(35(29)51)23-34(50)19(12-46)26-30(36(23)52)44-28-21(38(54)40-10-14(3)4)15(5)16(6)32(48)31(28)43-26/h7-8,13-14,45-52H,9-12H2,1-6H3,(H,39,53)(H,40,54). The minimum atomic E-state index is -0.913. The minimum Gasteiger partial charge on any atom is -0.507 e. The van der Waals surface area contributed by atoms with Crippen LogP contribution in [0.3, 0.4) is 0 Å². The number of hydrogen-bond donors (Lipinski definition) is 10. The molecule has 0 fully saturated rings. The van der Waals surface area contributed by atoms with Crippen LogP contribution in [0.15, 0.2) is 12.1 Å². The SMILES string of the molecule is Cc1c(C)c(C(=O)NCC(C)C)c2nc3c(O)c(-c4c(O)c(CO)c5nc6c(O)ccc(C(=O)NCC(C)C)c6nc5c4O)c(O)c(CO)c3nc2c1O. The quantitative estimate of drug-likeness (QED) is 0.0933. The Hall–Kier alpha value is -6.26. The van der Waals surface area contributed by atoms with Crippen LogP contribution in [0.2, 0.25) is 0 Å². The van der Waals surface area contributed by atoms with Gasteiger partial charge >= 0.3 is 0 Å². The first-order valence-electron chi connectivity index (χ1n) is 17.1. The second kappa shape index (κ2) is 13.9. The Morgan fingerprint density at radius 2 is 1.00 bits per heavy atom. The molecule has 0 radical (unpaired) electrons. The fourth-order valence-corrected chi connectivity index (χ4v) is 6.37. The monoisotopic (exact) mass is 740 g/mol. The summed E-state index contributed by atoms with van der Waals surface area (Å²) in [6.07, 6.45) is 0. The Kier molecular flexibility index (Phi) is 9.68. The van der Waals surface area contributed by atoms with E-state index in [2.05, 4.69) is 30.6 Å². The third-order valence-electron chi connectivity index (χ3n) is 9.37. The maximum absolute atomic E-state index is 13.5. The molecule has 0 aliphatic rings. The van der Waals surface area contributed by atoms with Crippen LogP contribution >= 0.6 is 0 Å². The number of aromatic nitrogens is 4. The van der Waals surface area contributed by atoms with Crippen molar-refractivity contribution in [1.82, 2.24) is 30.6 Å². The Balaban J connectivity index is 1.71. The van der Waals surface area contributed by atoms with E-state index in [0.29, 0.717) is 24.2 Å². The highest BCUT2D eigenvalue weighted by atomic mass is 16.3. The Labute approximate surface area is 307 Å². The number of carbonyl (C=O) groups is 2. The zero-order chi connectivity index (χ0) is 39.5. The van der Waals surface area contributed by atoms with Crippen LogP contribution in [-0.4, -0.2) is 85.7 Å². The van der Waals surface area contributed by atoms with Gasteiger partial charge in [0, 0.05) is 24.2 Å². The normalized spacial score (nSPS) is 11.8. The predicted octanol–water partition coefficient (Wildman–Crippen LogP) is 4.15. The molecule has 0 atom stereocenters. The fourth-order valence-electron chi connectivity index (χ4n) is 6.37. The van der Waals surface area contributed by atoms with Gasteiger partial charge in [-0.1, -0.05) is 27.7 Å². The number of nitrogens with one attached hydrogen (secondary N) is 2. The number of nitrogens with zero attached hydrogens (tertiary/aromatic N) is 4. The van der Waals surface area contributed by atoms with E-state index in [1.165, 1.54) is 12.1 Å². The lowest BCUT2D eigenvalue weighted by molar-refractivity contribution is 0.0942. The average Bonchev–Trinajstić information content (AvgIpc) is 3.13. The van der Waals surface area contributed by atoms with E-state index in [1.807, 2.05) is 27.7 Å². The number of aromatic hydroxyl groups is 6. The van der Waals surface area contributed by atoms with Gasteiger partial charge in [0.25, 0.3) is 11.8 Å². The van der Waals surface area contributed by atoms with Crippen LogP contribution in [0.5, 0.6) is 34.5 Å². The highest BCUT2D eigenvalue weighted by Crippen LogP contribution is 2.54. The number of rotatable bonds is 9. The lowest BCUT2D eigenvalue weighted by Crippen LogP contribution is -2.28. The molecule has 0 spiro atoms. The van der Waals surface area contributed by atoms with Gasteiger partial charge in [-0.2, -0.15) is 0 Å². The van der Waals surface area contributed by atoms with Crippen LogP contribution < -0.4 is 10.6 Å².